The number of anilines is 1. The van der Waals surface area contributed by atoms with Gasteiger partial charge in [-0.1, -0.05) is 6.08 Å². The van der Waals surface area contributed by atoms with E-state index in [-0.39, 0.29) is 11.4 Å². The smallest absolute Gasteiger partial charge is 0.355 e. The molecule has 0 spiro atoms. The molecule has 0 fully saturated rings. The highest BCUT2D eigenvalue weighted by molar-refractivity contribution is 5.88. The molecule has 29 heavy (non-hydrogen) atoms. The molecule has 3 heterocycles. The van der Waals surface area contributed by atoms with E-state index >= 15 is 0 Å². The first-order valence-electron chi connectivity index (χ1n) is 8.73. The van der Waals surface area contributed by atoms with Gasteiger partial charge in [-0.2, -0.15) is 18.4 Å². The third-order valence-electron chi connectivity index (χ3n) is 4.24. The van der Waals surface area contributed by atoms with Gasteiger partial charge in [-0.3, -0.25) is 9.79 Å². The Morgan fingerprint density at radius 1 is 1.38 bits per heavy atom. The van der Waals surface area contributed by atoms with Crippen LogP contribution in [0.3, 0.4) is 0 Å². The Kier molecular flexibility index (Phi) is 5.28. The van der Waals surface area contributed by atoms with Crippen molar-refractivity contribution in [3.8, 4) is 17.5 Å². The number of rotatable bonds is 5. The number of nitrogens with zero attached hydrogens (tertiary/aromatic N) is 4. The Morgan fingerprint density at radius 2 is 2.14 bits per heavy atom. The summed E-state index contributed by atoms with van der Waals surface area (Å²) >= 11 is 0. The number of hydrogen-bond donors (Lipinski definition) is 3. The van der Waals surface area contributed by atoms with E-state index in [9.17, 15) is 23.2 Å². The van der Waals surface area contributed by atoms with Gasteiger partial charge in [0.2, 0.25) is 5.91 Å². The summed E-state index contributed by atoms with van der Waals surface area (Å²) in [6.45, 7) is 2.01. The van der Waals surface area contributed by atoms with Gasteiger partial charge in [0.1, 0.15) is 35.0 Å². The first kappa shape index (κ1) is 20.3. The summed E-state index contributed by atoms with van der Waals surface area (Å²) < 4.78 is 37.2. The summed E-state index contributed by atoms with van der Waals surface area (Å²) in [5.41, 5.74) is -0.0129. The van der Waals surface area contributed by atoms with Crippen molar-refractivity contribution in [2.45, 2.75) is 32.0 Å². The second kappa shape index (κ2) is 7.54. The number of aromatic nitrogens is 3. The van der Waals surface area contributed by atoms with Gasteiger partial charge in [-0.25, -0.2) is 9.97 Å². The predicted molar refractivity (Wildman–Crippen MR) is 98.0 cm³/mol. The fourth-order valence-electron chi connectivity index (χ4n) is 2.77. The minimum atomic E-state index is -4.53. The van der Waals surface area contributed by atoms with Gasteiger partial charge in [0, 0.05) is 23.5 Å². The largest absolute Gasteiger partial charge is 0.405 e. The van der Waals surface area contributed by atoms with Crippen LogP contribution in [0.4, 0.5) is 19.0 Å². The first-order chi connectivity index (χ1) is 13.6. The van der Waals surface area contributed by atoms with Crippen molar-refractivity contribution in [1.82, 2.24) is 20.3 Å². The summed E-state index contributed by atoms with van der Waals surface area (Å²) in [4.78, 5) is 28.1. The summed E-state index contributed by atoms with van der Waals surface area (Å²) in [6.07, 6.45) is 1.24. The second-order valence-corrected chi connectivity index (χ2v) is 6.95. The highest BCUT2D eigenvalue weighted by atomic mass is 19.4. The van der Waals surface area contributed by atoms with Gasteiger partial charge < -0.3 is 15.6 Å². The van der Waals surface area contributed by atoms with Crippen molar-refractivity contribution in [1.29, 1.82) is 5.26 Å². The standard InChI is InChI=1S/C18H18F3N7O/c1-17(2,16(29)26-9-18(19,20)21)28-13-10(6-22)7-24-15(27-13)12-8-25-14-11(12)4-3-5-23-14/h4,7-8H,3,5,9H2,1-2H3,(H,23,25)(H,26,29)(H,24,27,28). The van der Waals surface area contributed by atoms with Crippen LogP contribution >= 0.6 is 0 Å². The fraction of sp³-hybridized carbons (Fsp3) is 0.389. The molecule has 1 amide bonds. The van der Waals surface area contributed by atoms with Crippen molar-refractivity contribution in [2.24, 2.45) is 4.99 Å². The van der Waals surface area contributed by atoms with Crippen LogP contribution in [-0.4, -0.2) is 45.7 Å². The molecule has 2 aromatic rings. The van der Waals surface area contributed by atoms with Crippen LogP contribution in [0.5, 0.6) is 0 Å². The maximum atomic E-state index is 12.4. The van der Waals surface area contributed by atoms with Crippen molar-refractivity contribution < 1.29 is 18.0 Å². The number of nitriles is 1. The van der Waals surface area contributed by atoms with Gasteiger partial charge >= 0.3 is 6.18 Å². The number of amides is 1. The van der Waals surface area contributed by atoms with Crippen molar-refractivity contribution >= 4 is 17.8 Å². The number of aromatic amines is 1. The lowest BCUT2D eigenvalue weighted by Crippen LogP contribution is -2.50. The predicted octanol–water partition coefficient (Wildman–Crippen LogP) is 1.02. The van der Waals surface area contributed by atoms with E-state index in [1.807, 2.05) is 17.5 Å². The molecule has 0 saturated carbocycles. The van der Waals surface area contributed by atoms with E-state index in [1.165, 1.54) is 20.0 Å². The molecule has 0 radical (unpaired) electrons. The molecule has 0 unspecified atom stereocenters. The average molecular weight is 405 g/mol. The maximum Gasteiger partial charge on any atom is 0.405 e. The third-order valence-corrected chi connectivity index (χ3v) is 4.24. The summed E-state index contributed by atoms with van der Waals surface area (Å²) in [5.74, 6) is -0.541. The van der Waals surface area contributed by atoms with E-state index in [2.05, 4.69) is 25.3 Å². The van der Waals surface area contributed by atoms with E-state index < -0.39 is 24.2 Å². The van der Waals surface area contributed by atoms with Gasteiger partial charge in [-0.15, -0.1) is 0 Å². The van der Waals surface area contributed by atoms with E-state index in [1.54, 1.807) is 6.20 Å². The van der Waals surface area contributed by atoms with Crippen molar-refractivity contribution in [2.75, 3.05) is 18.4 Å². The highest BCUT2D eigenvalue weighted by Gasteiger charge is 2.33. The Bertz CT molecular complexity index is 1100. The molecule has 0 aliphatic carbocycles. The van der Waals surface area contributed by atoms with Crippen LogP contribution < -0.4 is 21.3 Å². The first-order valence-corrected chi connectivity index (χ1v) is 8.73. The summed E-state index contributed by atoms with van der Waals surface area (Å²) in [5, 5.41) is 14.8. The lowest BCUT2D eigenvalue weighted by atomic mass is 10.0. The summed E-state index contributed by atoms with van der Waals surface area (Å²) in [7, 11) is 0. The molecule has 3 N–H and O–H groups in total. The Balaban J connectivity index is 1.92. The molecule has 0 bridgehead atoms. The zero-order chi connectivity index (χ0) is 21.2. The highest BCUT2D eigenvalue weighted by Crippen LogP contribution is 2.21. The monoisotopic (exact) mass is 405 g/mol. The minimum absolute atomic E-state index is 0.0485. The summed E-state index contributed by atoms with van der Waals surface area (Å²) in [6, 6.07) is 1.91. The maximum absolute atomic E-state index is 12.4. The van der Waals surface area contributed by atoms with Crippen molar-refractivity contribution in [3.05, 3.63) is 28.7 Å². The van der Waals surface area contributed by atoms with Gasteiger partial charge in [0.15, 0.2) is 5.82 Å². The van der Waals surface area contributed by atoms with Gasteiger partial charge in [0.05, 0.1) is 6.20 Å². The molecule has 3 rings (SSSR count). The molecule has 2 aromatic heterocycles. The van der Waals surface area contributed by atoms with Crippen LogP contribution in [0.15, 0.2) is 17.4 Å². The Hall–Kier alpha value is -3.42. The molecule has 0 aromatic carbocycles. The van der Waals surface area contributed by atoms with E-state index in [0.717, 1.165) is 11.6 Å². The lowest BCUT2D eigenvalue weighted by Gasteiger charge is -2.26. The van der Waals surface area contributed by atoms with Crippen LogP contribution in [0.25, 0.3) is 17.5 Å². The molecular weight excluding hydrogens is 387 g/mol. The van der Waals surface area contributed by atoms with Crippen LogP contribution in [0.1, 0.15) is 25.8 Å². The molecule has 152 valence electrons. The van der Waals surface area contributed by atoms with Gasteiger partial charge in [0.25, 0.3) is 0 Å². The van der Waals surface area contributed by atoms with Crippen LogP contribution in [0, 0.1) is 11.3 Å². The Morgan fingerprint density at radius 3 is 2.83 bits per heavy atom. The number of fused-ring (bicyclic) bond motifs is 1. The number of halogens is 3. The number of H-pyrrole nitrogens is 1. The van der Waals surface area contributed by atoms with E-state index in [4.69, 9.17) is 0 Å². The number of carbonyl (C=O) groups excluding carboxylic acids is 1. The number of alkyl halides is 3. The minimum Gasteiger partial charge on any atom is -0.355 e. The SMILES string of the molecule is CC(C)(Nc1nc(-c2c[nH]c3c2=CCCN=3)ncc1C#N)C(=O)NCC(F)(F)F. The molecule has 0 atom stereocenters. The van der Waals surface area contributed by atoms with E-state index in [0.29, 0.717) is 23.4 Å². The fourth-order valence-corrected chi connectivity index (χ4v) is 2.77. The van der Waals surface area contributed by atoms with Crippen LogP contribution in [-0.2, 0) is 4.79 Å². The average Bonchev–Trinajstić information content (AvgIpc) is 3.09. The number of hydrogen-bond acceptors (Lipinski definition) is 6. The normalized spacial score (nSPS) is 13.5. The molecule has 11 heteroatoms. The zero-order valence-electron chi connectivity index (χ0n) is 15.7. The van der Waals surface area contributed by atoms with Crippen LogP contribution in [0.2, 0.25) is 0 Å². The molecule has 1 aliphatic rings. The van der Waals surface area contributed by atoms with Crippen molar-refractivity contribution in [3.63, 3.8) is 0 Å². The lowest BCUT2D eigenvalue weighted by molar-refractivity contribution is -0.140. The quantitative estimate of drug-likeness (QED) is 0.686. The molecule has 0 saturated heterocycles. The molecule has 8 nitrogen and oxygen atoms in total. The second-order valence-electron chi connectivity index (χ2n) is 6.95. The topological polar surface area (TPSA) is 119 Å². The number of nitrogens with one attached hydrogen (secondary N) is 3. The Labute approximate surface area is 163 Å². The number of carbonyl (C=O) groups is 1. The molecule has 1 aliphatic heterocycles. The van der Waals surface area contributed by atoms with Gasteiger partial charge in [-0.05, 0) is 20.3 Å². The zero-order valence-corrected chi connectivity index (χ0v) is 15.7. The molecular formula is C18H18F3N7O. The third kappa shape index (κ3) is 4.53.